The average Bonchev–Trinajstić information content (AvgIpc) is 2.13. The molecule has 0 radical (unpaired) electrons. The molecule has 2 N–H and O–H groups in total. The molecule has 0 aliphatic heterocycles. The molecule has 0 bridgehead atoms. The first-order valence-electron chi connectivity index (χ1n) is 4.14. The predicted octanol–water partition coefficient (Wildman–Crippen LogP) is 2.09. The first kappa shape index (κ1) is 9.71. The average molecular weight is 181 g/mol. The Morgan fingerprint density at radius 1 is 1.62 bits per heavy atom. The van der Waals surface area contributed by atoms with Crippen molar-refractivity contribution in [3.8, 4) is 0 Å². The van der Waals surface area contributed by atoms with Crippen molar-refractivity contribution >= 4 is 12.0 Å². The Morgan fingerprint density at radius 2 is 2.23 bits per heavy atom. The van der Waals surface area contributed by atoms with Crippen molar-refractivity contribution in [3.63, 3.8) is 0 Å². The van der Waals surface area contributed by atoms with Gasteiger partial charge in [0.05, 0.1) is 5.69 Å². The Kier molecular flexibility index (Phi) is 2.66. The number of anilines is 1. The fourth-order valence-electron chi connectivity index (χ4n) is 1.36. The van der Waals surface area contributed by atoms with Crippen molar-refractivity contribution in [1.29, 1.82) is 0 Å². The Bertz CT molecular complexity index is 347. The van der Waals surface area contributed by atoms with Crippen LogP contribution in [0.4, 0.5) is 10.1 Å². The summed E-state index contributed by atoms with van der Waals surface area (Å²) in [6, 6.07) is 1.52. The van der Waals surface area contributed by atoms with Crippen molar-refractivity contribution < 1.29 is 9.18 Å². The topological polar surface area (TPSA) is 43.1 Å². The van der Waals surface area contributed by atoms with E-state index in [-0.39, 0.29) is 5.69 Å². The van der Waals surface area contributed by atoms with Crippen LogP contribution in [-0.4, -0.2) is 6.29 Å². The van der Waals surface area contributed by atoms with Gasteiger partial charge in [0.15, 0.2) is 6.29 Å². The minimum Gasteiger partial charge on any atom is -0.396 e. The van der Waals surface area contributed by atoms with Crippen molar-refractivity contribution in [3.05, 3.63) is 28.6 Å². The first-order valence-corrected chi connectivity index (χ1v) is 4.14. The number of nitrogens with two attached hydrogens (primary N) is 1. The van der Waals surface area contributed by atoms with Crippen LogP contribution in [0, 0.1) is 12.7 Å². The van der Waals surface area contributed by atoms with Crippen molar-refractivity contribution in [2.75, 3.05) is 5.73 Å². The van der Waals surface area contributed by atoms with E-state index in [0.717, 1.165) is 5.56 Å². The number of hydrogen-bond acceptors (Lipinski definition) is 2. The second-order valence-corrected chi connectivity index (χ2v) is 2.95. The molecular weight excluding hydrogens is 169 g/mol. The van der Waals surface area contributed by atoms with Gasteiger partial charge in [0, 0.05) is 5.56 Å². The van der Waals surface area contributed by atoms with E-state index in [4.69, 9.17) is 5.73 Å². The van der Waals surface area contributed by atoms with E-state index in [1.54, 1.807) is 6.92 Å². The minimum absolute atomic E-state index is 0.111. The summed E-state index contributed by atoms with van der Waals surface area (Å²) in [6.07, 6.45) is 1.36. The molecule has 0 fully saturated rings. The second-order valence-electron chi connectivity index (χ2n) is 2.95. The molecule has 70 valence electrons. The smallest absolute Gasteiger partial charge is 0.150 e. The molecule has 0 unspecified atom stereocenters. The molecule has 1 aromatic rings. The Labute approximate surface area is 76.6 Å². The Hall–Kier alpha value is -1.38. The first-order chi connectivity index (χ1) is 6.11. The van der Waals surface area contributed by atoms with E-state index in [1.165, 1.54) is 6.07 Å². The van der Waals surface area contributed by atoms with E-state index < -0.39 is 5.82 Å². The molecule has 0 heterocycles. The molecular formula is C10H12FNO. The number of benzene rings is 1. The van der Waals surface area contributed by atoms with E-state index >= 15 is 0 Å². The number of aldehydes is 1. The highest BCUT2D eigenvalue weighted by molar-refractivity contribution is 5.81. The van der Waals surface area contributed by atoms with Gasteiger partial charge in [-0.05, 0) is 30.5 Å². The molecule has 1 aromatic carbocycles. The van der Waals surface area contributed by atoms with Crippen LogP contribution in [0.1, 0.15) is 28.4 Å². The van der Waals surface area contributed by atoms with Gasteiger partial charge >= 0.3 is 0 Å². The van der Waals surface area contributed by atoms with Crippen molar-refractivity contribution in [2.24, 2.45) is 0 Å². The molecule has 3 heteroatoms. The van der Waals surface area contributed by atoms with Crippen LogP contribution in [0.15, 0.2) is 6.07 Å². The standard InChI is InChI=1S/C10H12FNO/c1-3-7-4-9(12)10(11)6(2)8(7)5-13/h4-5H,3,12H2,1-2H3. The largest absolute Gasteiger partial charge is 0.396 e. The molecule has 0 atom stereocenters. The molecule has 0 aromatic heterocycles. The van der Waals surface area contributed by atoms with Crippen LogP contribution in [0.25, 0.3) is 0 Å². The lowest BCUT2D eigenvalue weighted by molar-refractivity contribution is 0.112. The summed E-state index contributed by atoms with van der Waals surface area (Å²) in [5.41, 5.74) is 7.10. The van der Waals surface area contributed by atoms with Crippen LogP contribution in [0.5, 0.6) is 0 Å². The van der Waals surface area contributed by atoms with Gasteiger partial charge in [0.2, 0.25) is 0 Å². The molecule has 2 nitrogen and oxygen atoms in total. The molecule has 1 rings (SSSR count). The second kappa shape index (κ2) is 3.56. The highest BCUT2D eigenvalue weighted by atomic mass is 19.1. The Morgan fingerprint density at radius 3 is 2.69 bits per heavy atom. The van der Waals surface area contributed by atoms with E-state index in [2.05, 4.69) is 0 Å². The third kappa shape index (κ3) is 1.54. The number of nitrogen functional groups attached to an aromatic ring is 1. The van der Waals surface area contributed by atoms with Gasteiger partial charge in [-0.1, -0.05) is 6.92 Å². The zero-order chi connectivity index (χ0) is 10.0. The Balaban J connectivity index is 3.47. The van der Waals surface area contributed by atoms with Crippen LogP contribution in [0.2, 0.25) is 0 Å². The number of carbonyl (C=O) groups is 1. The summed E-state index contributed by atoms with van der Waals surface area (Å²) in [4.78, 5) is 10.7. The van der Waals surface area contributed by atoms with Gasteiger partial charge in [-0.15, -0.1) is 0 Å². The number of hydrogen-bond donors (Lipinski definition) is 1. The van der Waals surface area contributed by atoms with Crippen LogP contribution in [-0.2, 0) is 6.42 Å². The maximum Gasteiger partial charge on any atom is 0.150 e. The molecule has 0 aliphatic carbocycles. The molecule has 13 heavy (non-hydrogen) atoms. The van der Waals surface area contributed by atoms with E-state index in [1.807, 2.05) is 6.92 Å². The third-order valence-corrected chi connectivity index (χ3v) is 2.16. The van der Waals surface area contributed by atoms with Gasteiger partial charge < -0.3 is 5.73 Å². The lowest BCUT2D eigenvalue weighted by atomic mass is 9.99. The fraction of sp³-hybridized carbons (Fsp3) is 0.300. The van der Waals surface area contributed by atoms with Gasteiger partial charge in [-0.25, -0.2) is 4.39 Å². The fourth-order valence-corrected chi connectivity index (χ4v) is 1.36. The van der Waals surface area contributed by atoms with Gasteiger partial charge in [-0.2, -0.15) is 0 Å². The van der Waals surface area contributed by atoms with Gasteiger partial charge in [0.25, 0.3) is 0 Å². The minimum atomic E-state index is -0.487. The summed E-state index contributed by atoms with van der Waals surface area (Å²) in [5, 5.41) is 0. The summed E-state index contributed by atoms with van der Waals surface area (Å²) < 4.78 is 13.2. The summed E-state index contributed by atoms with van der Waals surface area (Å²) in [6.45, 7) is 3.47. The molecule has 0 amide bonds. The highest BCUT2D eigenvalue weighted by Gasteiger charge is 2.11. The summed E-state index contributed by atoms with van der Waals surface area (Å²) >= 11 is 0. The van der Waals surface area contributed by atoms with Crippen molar-refractivity contribution in [1.82, 2.24) is 0 Å². The number of rotatable bonds is 2. The zero-order valence-electron chi connectivity index (χ0n) is 7.73. The predicted molar refractivity (Wildman–Crippen MR) is 50.3 cm³/mol. The SMILES string of the molecule is CCc1cc(N)c(F)c(C)c1C=O. The lowest BCUT2D eigenvalue weighted by Crippen LogP contribution is -2.02. The van der Waals surface area contributed by atoms with Gasteiger partial charge in [-0.3, -0.25) is 4.79 Å². The van der Waals surface area contributed by atoms with Crippen LogP contribution in [0.3, 0.4) is 0 Å². The number of aryl methyl sites for hydroxylation is 1. The number of carbonyl (C=O) groups excluding carboxylic acids is 1. The van der Waals surface area contributed by atoms with Gasteiger partial charge in [0.1, 0.15) is 5.82 Å². The monoisotopic (exact) mass is 181 g/mol. The third-order valence-electron chi connectivity index (χ3n) is 2.16. The quantitative estimate of drug-likeness (QED) is 0.560. The number of halogens is 1. The normalized spacial score (nSPS) is 10.1. The highest BCUT2D eigenvalue weighted by Crippen LogP contribution is 2.22. The summed E-state index contributed by atoms with van der Waals surface area (Å²) in [7, 11) is 0. The maximum absolute atomic E-state index is 13.2. The maximum atomic E-state index is 13.2. The van der Waals surface area contributed by atoms with Crippen LogP contribution < -0.4 is 5.73 Å². The zero-order valence-corrected chi connectivity index (χ0v) is 7.73. The molecule has 0 spiro atoms. The van der Waals surface area contributed by atoms with E-state index in [0.29, 0.717) is 23.8 Å². The molecule has 0 saturated carbocycles. The van der Waals surface area contributed by atoms with Crippen LogP contribution >= 0.6 is 0 Å². The summed E-state index contributed by atoms with van der Waals surface area (Å²) in [5.74, 6) is -0.487. The lowest BCUT2D eigenvalue weighted by Gasteiger charge is -2.08. The molecule has 0 aliphatic rings. The van der Waals surface area contributed by atoms with Crippen molar-refractivity contribution in [2.45, 2.75) is 20.3 Å². The van der Waals surface area contributed by atoms with E-state index in [9.17, 15) is 9.18 Å². The molecule has 0 saturated heterocycles.